The van der Waals surface area contributed by atoms with E-state index in [2.05, 4.69) is 10.3 Å². The Labute approximate surface area is 153 Å². The standard InChI is InChI=1S/C20H26FN3O2/c1-20(2)11-16(15-5-4-14(21)10-17(15)26-20)23-12-13-6-9-25-18(13)19-22-7-8-24(19)3/h4-5,7-8,10,13,16,18,23H,6,9,11-12H2,1-3H3/t13-,16?,18+/m0/s1. The maximum absolute atomic E-state index is 13.6. The normalized spacial score (nSPS) is 27.2. The first kappa shape index (κ1) is 17.5. The molecule has 1 unspecified atom stereocenters. The van der Waals surface area contributed by atoms with Crippen molar-refractivity contribution in [2.45, 2.75) is 44.4 Å². The minimum absolute atomic E-state index is 0.0167. The number of aromatic nitrogens is 2. The fourth-order valence-electron chi connectivity index (χ4n) is 4.08. The third kappa shape index (κ3) is 3.35. The number of nitrogens with zero attached hydrogens (tertiary/aromatic N) is 2. The molecule has 0 saturated carbocycles. The molecule has 3 atom stereocenters. The smallest absolute Gasteiger partial charge is 0.137 e. The van der Waals surface area contributed by atoms with Crippen LogP contribution >= 0.6 is 0 Å². The van der Waals surface area contributed by atoms with E-state index in [1.807, 2.05) is 43.9 Å². The quantitative estimate of drug-likeness (QED) is 0.907. The molecule has 140 valence electrons. The first-order chi connectivity index (χ1) is 12.4. The fourth-order valence-corrected chi connectivity index (χ4v) is 4.08. The van der Waals surface area contributed by atoms with E-state index in [0.717, 1.165) is 37.4 Å². The molecule has 0 radical (unpaired) electrons. The molecule has 0 amide bonds. The number of rotatable bonds is 4. The van der Waals surface area contributed by atoms with Crippen LogP contribution in [0.2, 0.25) is 0 Å². The molecule has 0 bridgehead atoms. The summed E-state index contributed by atoms with van der Waals surface area (Å²) in [5.74, 6) is 1.72. The molecule has 1 aromatic heterocycles. The van der Waals surface area contributed by atoms with Gasteiger partial charge < -0.3 is 19.4 Å². The largest absolute Gasteiger partial charge is 0.487 e. The van der Waals surface area contributed by atoms with E-state index in [-0.39, 0.29) is 23.6 Å². The molecule has 0 aliphatic carbocycles. The lowest BCUT2D eigenvalue weighted by atomic mass is 9.89. The second kappa shape index (κ2) is 6.67. The summed E-state index contributed by atoms with van der Waals surface area (Å²) in [4.78, 5) is 4.46. The zero-order chi connectivity index (χ0) is 18.3. The number of halogens is 1. The molecule has 1 aromatic carbocycles. The lowest BCUT2D eigenvalue weighted by Crippen LogP contribution is -2.41. The lowest BCUT2D eigenvalue weighted by molar-refractivity contribution is 0.0597. The molecule has 0 spiro atoms. The van der Waals surface area contributed by atoms with Gasteiger partial charge in [0.15, 0.2) is 0 Å². The Bertz CT molecular complexity index is 789. The lowest BCUT2D eigenvalue weighted by Gasteiger charge is -2.38. The molecule has 2 aliphatic rings. The van der Waals surface area contributed by atoms with Gasteiger partial charge in [-0.3, -0.25) is 0 Å². The number of hydrogen-bond acceptors (Lipinski definition) is 4. The Hall–Kier alpha value is -1.92. The summed E-state index contributed by atoms with van der Waals surface area (Å²) in [6, 6.07) is 4.96. The first-order valence-electron chi connectivity index (χ1n) is 9.24. The first-order valence-corrected chi connectivity index (χ1v) is 9.24. The van der Waals surface area contributed by atoms with Gasteiger partial charge in [0.2, 0.25) is 0 Å². The number of fused-ring (bicyclic) bond motifs is 1. The van der Waals surface area contributed by atoms with Crippen LogP contribution in [0.4, 0.5) is 4.39 Å². The molecule has 1 N–H and O–H groups in total. The van der Waals surface area contributed by atoms with Gasteiger partial charge in [-0.25, -0.2) is 9.37 Å². The van der Waals surface area contributed by atoms with Crippen molar-refractivity contribution in [3.63, 3.8) is 0 Å². The maximum atomic E-state index is 13.6. The van der Waals surface area contributed by atoms with Crippen LogP contribution in [-0.2, 0) is 11.8 Å². The zero-order valence-corrected chi connectivity index (χ0v) is 15.5. The average Bonchev–Trinajstić information content (AvgIpc) is 3.19. The van der Waals surface area contributed by atoms with Crippen molar-refractivity contribution in [2.24, 2.45) is 13.0 Å². The third-order valence-corrected chi connectivity index (χ3v) is 5.39. The van der Waals surface area contributed by atoms with Gasteiger partial charge in [-0.15, -0.1) is 0 Å². The zero-order valence-electron chi connectivity index (χ0n) is 15.5. The minimum Gasteiger partial charge on any atom is -0.487 e. The minimum atomic E-state index is -0.330. The third-order valence-electron chi connectivity index (χ3n) is 5.39. The molecular formula is C20H26FN3O2. The van der Waals surface area contributed by atoms with E-state index in [0.29, 0.717) is 11.7 Å². The molecule has 1 saturated heterocycles. The molecule has 2 aromatic rings. The summed E-state index contributed by atoms with van der Waals surface area (Å²) in [5.41, 5.74) is 0.696. The van der Waals surface area contributed by atoms with Crippen LogP contribution < -0.4 is 10.1 Å². The fraction of sp³-hybridized carbons (Fsp3) is 0.550. The predicted molar refractivity (Wildman–Crippen MR) is 96.5 cm³/mol. The number of hydrogen-bond donors (Lipinski definition) is 1. The van der Waals surface area contributed by atoms with Crippen LogP contribution in [0.3, 0.4) is 0 Å². The molecule has 5 nitrogen and oxygen atoms in total. The predicted octanol–water partition coefficient (Wildman–Crippen LogP) is 3.53. The van der Waals surface area contributed by atoms with Crippen LogP contribution in [-0.4, -0.2) is 28.3 Å². The van der Waals surface area contributed by atoms with Crippen molar-refractivity contribution in [3.8, 4) is 5.75 Å². The van der Waals surface area contributed by atoms with Crippen LogP contribution in [0.5, 0.6) is 5.75 Å². The Balaban J connectivity index is 1.50. The molecule has 6 heteroatoms. The maximum Gasteiger partial charge on any atom is 0.137 e. The van der Waals surface area contributed by atoms with E-state index < -0.39 is 0 Å². The van der Waals surface area contributed by atoms with Gasteiger partial charge in [-0.1, -0.05) is 6.07 Å². The number of ether oxygens (including phenoxy) is 2. The Morgan fingerprint density at radius 2 is 2.23 bits per heavy atom. The number of imidazole rings is 1. The van der Waals surface area contributed by atoms with Gasteiger partial charge in [0.25, 0.3) is 0 Å². The number of aryl methyl sites for hydroxylation is 1. The molecule has 2 aliphatic heterocycles. The summed E-state index contributed by atoms with van der Waals surface area (Å²) in [6.45, 7) is 5.68. The molecular weight excluding hydrogens is 333 g/mol. The topological polar surface area (TPSA) is 48.3 Å². The van der Waals surface area contributed by atoms with Gasteiger partial charge in [-0.05, 0) is 26.3 Å². The summed E-state index contributed by atoms with van der Waals surface area (Å²) >= 11 is 0. The summed E-state index contributed by atoms with van der Waals surface area (Å²) in [5, 5.41) is 3.69. The number of nitrogens with one attached hydrogen (secondary N) is 1. The summed E-state index contributed by atoms with van der Waals surface area (Å²) in [7, 11) is 2.00. The van der Waals surface area contributed by atoms with Crippen molar-refractivity contribution in [1.82, 2.24) is 14.9 Å². The van der Waals surface area contributed by atoms with Crippen molar-refractivity contribution in [3.05, 3.63) is 47.8 Å². The van der Waals surface area contributed by atoms with Gasteiger partial charge in [0.1, 0.15) is 29.1 Å². The Morgan fingerprint density at radius 1 is 1.38 bits per heavy atom. The number of benzene rings is 1. The highest BCUT2D eigenvalue weighted by atomic mass is 19.1. The van der Waals surface area contributed by atoms with Crippen molar-refractivity contribution in [1.29, 1.82) is 0 Å². The summed E-state index contributed by atoms with van der Waals surface area (Å²) in [6.07, 6.45) is 5.63. The van der Waals surface area contributed by atoms with Crippen molar-refractivity contribution < 1.29 is 13.9 Å². The molecule has 3 heterocycles. The second-order valence-corrected chi connectivity index (χ2v) is 7.95. The van der Waals surface area contributed by atoms with E-state index in [4.69, 9.17) is 9.47 Å². The Morgan fingerprint density at radius 3 is 3.00 bits per heavy atom. The van der Waals surface area contributed by atoms with Gasteiger partial charge >= 0.3 is 0 Å². The SMILES string of the molecule is Cn1ccnc1[C@@H]1OCC[C@H]1CNC1CC(C)(C)Oc2cc(F)ccc21. The molecule has 26 heavy (non-hydrogen) atoms. The van der Waals surface area contributed by atoms with Crippen molar-refractivity contribution >= 4 is 0 Å². The van der Waals surface area contributed by atoms with Crippen LogP contribution in [0.1, 0.15) is 50.2 Å². The van der Waals surface area contributed by atoms with Crippen LogP contribution in [0.15, 0.2) is 30.6 Å². The van der Waals surface area contributed by atoms with E-state index in [1.54, 1.807) is 0 Å². The van der Waals surface area contributed by atoms with Gasteiger partial charge in [0, 0.05) is 62.6 Å². The molecule has 4 rings (SSSR count). The van der Waals surface area contributed by atoms with Crippen LogP contribution in [0.25, 0.3) is 0 Å². The van der Waals surface area contributed by atoms with E-state index >= 15 is 0 Å². The molecule has 1 fully saturated rings. The monoisotopic (exact) mass is 359 g/mol. The highest BCUT2D eigenvalue weighted by Gasteiger charge is 2.36. The average molecular weight is 359 g/mol. The van der Waals surface area contributed by atoms with Gasteiger partial charge in [-0.2, -0.15) is 0 Å². The highest BCUT2D eigenvalue weighted by molar-refractivity contribution is 5.39. The van der Waals surface area contributed by atoms with E-state index in [9.17, 15) is 4.39 Å². The van der Waals surface area contributed by atoms with Crippen LogP contribution in [0, 0.1) is 11.7 Å². The van der Waals surface area contributed by atoms with E-state index in [1.165, 1.54) is 12.1 Å². The second-order valence-electron chi connectivity index (χ2n) is 7.95. The highest BCUT2D eigenvalue weighted by Crippen LogP contribution is 2.40. The Kier molecular flexibility index (Phi) is 4.49. The van der Waals surface area contributed by atoms with Gasteiger partial charge in [0.05, 0.1) is 0 Å². The summed E-state index contributed by atoms with van der Waals surface area (Å²) < 4.78 is 27.6. The van der Waals surface area contributed by atoms with Crippen molar-refractivity contribution in [2.75, 3.05) is 13.2 Å².